The third kappa shape index (κ3) is 5.10. The number of nitrogens with zero attached hydrogens (tertiary/aromatic N) is 1. The van der Waals surface area contributed by atoms with Crippen molar-refractivity contribution >= 4 is 17.3 Å². The number of ether oxygens (including phenoxy) is 4. The maximum atomic E-state index is 12.3. The Morgan fingerprint density at radius 2 is 1.63 bits per heavy atom. The Morgan fingerprint density at radius 1 is 0.967 bits per heavy atom. The van der Waals surface area contributed by atoms with Gasteiger partial charge in [0.25, 0.3) is 0 Å². The lowest BCUT2D eigenvalue weighted by Gasteiger charge is -2.13. The summed E-state index contributed by atoms with van der Waals surface area (Å²) in [5, 5.41) is 2.82. The van der Waals surface area contributed by atoms with E-state index in [1.165, 1.54) is 38.2 Å². The molecule has 0 spiro atoms. The molecular weight excluding hydrogens is 402 g/mol. The molecule has 3 aromatic rings. The molecule has 2 aromatic carbocycles. The molecule has 30 heavy (non-hydrogen) atoms. The summed E-state index contributed by atoms with van der Waals surface area (Å²) < 4.78 is 21.4. The number of carbonyl (C=O) groups excluding carboxylic acids is 1. The molecule has 0 radical (unpaired) electrons. The Hall–Kier alpha value is -3.06. The van der Waals surface area contributed by atoms with E-state index >= 15 is 0 Å². The number of carbonyl (C=O) groups is 1. The topological polar surface area (TPSA) is 66.9 Å². The summed E-state index contributed by atoms with van der Waals surface area (Å²) in [6.45, 7) is 2.26. The number of hydrogen-bond donors (Lipinski definition) is 0. The van der Waals surface area contributed by atoms with Crippen LogP contribution in [0.5, 0.6) is 17.2 Å². The van der Waals surface area contributed by atoms with Gasteiger partial charge in [0, 0.05) is 10.9 Å². The van der Waals surface area contributed by atoms with Gasteiger partial charge < -0.3 is 18.9 Å². The van der Waals surface area contributed by atoms with Crippen LogP contribution in [0.15, 0.2) is 41.8 Å². The van der Waals surface area contributed by atoms with Gasteiger partial charge in [-0.25, -0.2) is 4.98 Å². The molecule has 158 valence electrons. The third-order valence-corrected chi connectivity index (χ3v) is 5.56. The van der Waals surface area contributed by atoms with Gasteiger partial charge in [0.1, 0.15) is 11.6 Å². The summed E-state index contributed by atoms with van der Waals surface area (Å²) in [6, 6.07) is 11.8. The molecule has 0 unspecified atom stereocenters. The SMILES string of the molecule is CCc1ccc(-c2nc(COC(=O)Cc3cc(OC)c(OC)c(OC)c3)cs2)cc1. The van der Waals surface area contributed by atoms with Crippen LogP contribution in [0, 0.1) is 0 Å². The number of rotatable bonds is 9. The summed E-state index contributed by atoms with van der Waals surface area (Å²) >= 11 is 1.54. The Bertz CT molecular complexity index is 972. The molecule has 0 amide bonds. The van der Waals surface area contributed by atoms with Gasteiger partial charge in [0.05, 0.1) is 33.4 Å². The molecule has 6 nitrogen and oxygen atoms in total. The fourth-order valence-corrected chi connectivity index (χ4v) is 3.81. The van der Waals surface area contributed by atoms with Crippen LogP contribution in [-0.4, -0.2) is 32.3 Å². The van der Waals surface area contributed by atoms with Crippen LogP contribution in [0.25, 0.3) is 10.6 Å². The van der Waals surface area contributed by atoms with Gasteiger partial charge in [-0.3, -0.25) is 4.79 Å². The van der Waals surface area contributed by atoms with E-state index in [1.807, 2.05) is 5.38 Å². The summed E-state index contributed by atoms with van der Waals surface area (Å²) in [6.07, 6.45) is 1.09. The molecule has 0 bridgehead atoms. The van der Waals surface area contributed by atoms with E-state index in [1.54, 1.807) is 12.1 Å². The standard InChI is InChI=1S/C23H25NO5S/c1-5-15-6-8-17(9-7-15)23-24-18(14-30-23)13-29-21(25)12-16-10-19(26-2)22(28-4)20(11-16)27-3/h6-11,14H,5,12-13H2,1-4H3. The van der Waals surface area contributed by atoms with E-state index < -0.39 is 0 Å². The normalized spacial score (nSPS) is 10.5. The number of aryl methyl sites for hydroxylation is 1. The zero-order chi connectivity index (χ0) is 21.5. The molecule has 0 saturated heterocycles. The second-order valence-electron chi connectivity index (χ2n) is 6.57. The minimum Gasteiger partial charge on any atom is -0.493 e. The number of hydrogen-bond acceptors (Lipinski definition) is 7. The van der Waals surface area contributed by atoms with Crippen molar-refractivity contribution < 1.29 is 23.7 Å². The van der Waals surface area contributed by atoms with Gasteiger partial charge in [-0.2, -0.15) is 0 Å². The lowest BCUT2D eigenvalue weighted by molar-refractivity contribution is -0.144. The number of benzene rings is 2. The van der Waals surface area contributed by atoms with Gasteiger partial charge >= 0.3 is 5.97 Å². The average Bonchev–Trinajstić information content (AvgIpc) is 3.26. The molecule has 0 aliphatic rings. The molecule has 0 N–H and O–H groups in total. The monoisotopic (exact) mass is 427 g/mol. The van der Waals surface area contributed by atoms with Crippen LogP contribution >= 0.6 is 11.3 Å². The highest BCUT2D eigenvalue weighted by Gasteiger charge is 2.16. The van der Waals surface area contributed by atoms with Crippen molar-refractivity contribution in [1.82, 2.24) is 4.98 Å². The zero-order valence-corrected chi connectivity index (χ0v) is 18.4. The summed E-state index contributed by atoms with van der Waals surface area (Å²) in [5.41, 5.74) is 3.79. The molecule has 1 aromatic heterocycles. The highest BCUT2D eigenvalue weighted by molar-refractivity contribution is 7.13. The van der Waals surface area contributed by atoms with Crippen LogP contribution in [0.1, 0.15) is 23.7 Å². The highest BCUT2D eigenvalue weighted by atomic mass is 32.1. The Kier molecular flexibility index (Phi) is 7.30. The zero-order valence-electron chi connectivity index (χ0n) is 17.6. The smallest absolute Gasteiger partial charge is 0.310 e. The first-order valence-electron chi connectivity index (χ1n) is 9.56. The molecule has 1 heterocycles. The molecule has 0 fully saturated rings. The van der Waals surface area contributed by atoms with E-state index in [0.29, 0.717) is 22.8 Å². The fourth-order valence-electron chi connectivity index (χ4n) is 3.00. The molecule has 3 rings (SSSR count). The van der Waals surface area contributed by atoms with E-state index in [-0.39, 0.29) is 19.0 Å². The van der Waals surface area contributed by atoms with Crippen molar-refractivity contribution in [3.63, 3.8) is 0 Å². The number of aromatic nitrogens is 1. The van der Waals surface area contributed by atoms with Crippen LogP contribution in [-0.2, 0) is 29.0 Å². The molecule has 0 saturated carbocycles. The molecule has 0 aliphatic heterocycles. The lowest BCUT2D eigenvalue weighted by atomic mass is 10.1. The maximum absolute atomic E-state index is 12.3. The van der Waals surface area contributed by atoms with Crippen LogP contribution in [0.4, 0.5) is 0 Å². The average molecular weight is 428 g/mol. The fraction of sp³-hybridized carbons (Fsp3) is 0.304. The van der Waals surface area contributed by atoms with Crippen molar-refractivity contribution in [3.05, 3.63) is 58.6 Å². The molecule has 0 atom stereocenters. The Balaban J connectivity index is 1.62. The van der Waals surface area contributed by atoms with E-state index in [2.05, 4.69) is 36.2 Å². The minimum atomic E-state index is -0.355. The van der Waals surface area contributed by atoms with Crippen LogP contribution in [0.2, 0.25) is 0 Å². The largest absolute Gasteiger partial charge is 0.493 e. The Morgan fingerprint density at radius 3 is 2.20 bits per heavy atom. The summed E-state index contributed by atoms with van der Waals surface area (Å²) in [7, 11) is 4.61. The van der Waals surface area contributed by atoms with Crippen molar-refractivity contribution in [2.24, 2.45) is 0 Å². The van der Waals surface area contributed by atoms with Crippen molar-refractivity contribution in [2.75, 3.05) is 21.3 Å². The number of esters is 1. The highest BCUT2D eigenvalue weighted by Crippen LogP contribution is 2.38. The minimum absolute atomic E-state index is 0.0895. The van der Waals surface area contributed by atoms with E-state index in [9.17, 15) is 4.79 Å². The van der Waals surface area contributed by atoms with E-state index in [0.717, 1.165) is 22.7 Å². The van der Waals surface area contributed by atoms with Gasteiger partial charge in [-0.05, 0) is 29.7 Å². The predicted molar refractivity (Wildman–Crippen MR) is 117 cm³/mol. The van der Waals surface area contributed by atoms with Gasteiger partial charge in [0.15, 0.2) is 11.5 Å². The first-order valence-corrected chi connectivity index (χ1v) is 10.4. The Labute approximate surface area is 180 Å². The second kappa shape index (κ2) is 10.1. The maximum Gasteiger partial charge on any atom is 0.310 e. The molecular formula is C23H25NO5S. The lowest BCUT2D eigenvalue weighted by Crippen LogP contribution is -2.09. The van der Waals surface area contributed by atoms with Gasteiger partial charge in [-0.1, -0.05) is 31.2 Å². The van der Waals surface area contributed by atoms with Crippen molar-refractivity contribution in [3.8, 4) is 27.8 Å². The van der Waals surface area contributed by atoms with Crippen molar-refractivity contribution in [1.29, 1.82) is 0 Å². The summed E-state index contributed by atoms with van der Waals surface area (Å²) in [4.78, 5) is 16.9. The van der Waals surface area contributed by atoms with Crippen LogP contribution < -0.4 is 14.2 Å². The van der Waals surface area contributed by atoms with Gasteiger partial charge in [0.2, 0.25) is 5.75 Å². The van der Waals surface area contributed by atoms with E-state index in [4.69, 9.17) is 18.9 Å². The second-order valence-corrected chi connectivity index (χ2v) is 7.42. The van der Waals surface area contributed by atoms with Crippen molar-refractivity contribution in [2.45, 2.75) is 26.4 Å². The first-order chi connectivity index (χ1) is 14.6. The first kappa shape index (κ1) is 21.6. The summed E-state index contributed by atoms with van der Waals surface area (Å²) in [5.74, 6) is 1.13. The quantitative estimate of drug-likeness (QED) is 0.462. The third-order valence-electron chi connectivity index (χ3n) is 4.61. The number of thiazole rings is 1. The molecule has 7 heteroatoms. The predicted octanol–water partition coefficient (Wildman–Crippen LogP) is 4.68. The number of methoxy groups -OCH3 is 3. The van der Waals surface area contributed by atoms with Crippen LogP contribution in [0.3, 0.4) is 0 Å². The van der Waals surface area contributed by atoms with Gasteiger partial charge in [-0.15, -0.1) is 11.3 Å². The molecule has 0 aliphatic carbocycles.